The zero-order valence-electron chi connectivity index (χ0n) is 9.18. The topological polar surface area (TPSA) is 29.1 Å². The first-order valence-electron chi connectivity index (χ1n) is 6.16. The van der Waals surface area contributed by atoms with E-state index in [0.29, 0.717) is 12.5 Å². The average Bonchev–Trinajstić information content (AvgIpc) is 3.05. The SMILES string of the molecule is O=C(CCCCBr)NC(C1CC1)C1CC1. The van der Waals surface area contributed by atoms with Crippen molar-refractivity contribution >= 4 is 21.8 Å². The summed E-state index contributed by atoms with van der Waals surface area (Å²) in [7, 11) is 0. The van der Waals surface area contributed by atoms with Gasteiger partial charge in [0.05, 0.1) is 0 Å². The van der Waals surface area contributed by atoms with E-state index in [9.17, 15) is 4.79 Å². The normalized spacial score (nSPS) is 20.7. The van der Waals surface area contributed by atoms with E-state index >= 15 is 0 Å². The molecule has 0 aromatic carbocycles. The van der Waals surface area contributed by atoms with E-state index in [1.54, 1.807) is 0 Å². The molecule has 0 aliphatic heterocycles. The minimum atomic E-state index is 0.278. The van der Waals surface area contributed by atoms with Crippen LogP contribution in [0.15, 0.2) is 0 Å². The largest absolute Gasteiger partial charge is 0.353 e. The molecule has 3 heteroatoms. The molecule has 0 radical (unpaired) electrons. The molecular weight excluding hydrogens is 254 g/mol. The lowest BCUT2D eigenvalue weighted by Gasteiger charge is -2.17. The fourth-order valence-corrected chi connectivity index (χ4v) is 2.57. The summed E-state index contributed by atoms with van der Waals surface area (Å²) in [6.07, 6.45) is 8.17. The summed E-state index contributed by atoms with van der Waals surface area (Å²) in [6, 6.07) is 0.529. The molecule has 2 aliphatic rings. The molecule has 0 saturated heterocycles. The first-order chi connectivity index (χ1) is 7.31. The van der Waals surface area contributed by atoms with Gasteiger partial charge in [0.25, 0.3) is 0 Å². The van der Waals surface area contributed by atoms with Gasteiger partial charge in [0.15, 0.2) is 0 Å². The molecule has 2 aliphatic carbocycles. The van der Waals surface area contributed by atoms with Gasteiger partial charge < -0.3 is 5.32 Å². The third-order valence-corrected chi connectivity index (χ3v) is 3.94. The molecular formula is C12H20BrNO. The zero-order valence-corrected chi connectivity index (χ0v) is 10.8. The van der Waals surface area contributed by atoms with Crippen LogP contribution in [-0.2, 0) is 4.79 Å². The van der Waals surface area contributed by atoms with Gasteiger partial charge in [-0.25, -0.2) is 0 Å². The molecule has 0 aromatic heterocycles. The van der Waals surface area contributed by atoms with Gasteiger partial charge in [-0.1, -0.05) is 15.9 Å². The van der Waals surface area contributed by atoms with Crippen molar-refractivity contribution in [2.45, 2.75) is 51.0 Å². The van der Waals surface area contributed by atoms with Crippen LogP contribution >= 0.6 is 15.9 Å². The molecule has 0 spiro atoms. The van der Waals surface area contributed by atoms with Crippen LogP contribution in [0.3, 0.4) is 0 Å². The monoisotopic (exact) mass is 273 g/mol. The fraction of sp³-hybridized carbons (Fsp3) is 0.917. The van der Waals surface area contributed by atoms with Crippen LogP contribution in [0.25, 0.3) is 0 Å². The Kier molecular flexibility index (Phi) is 4.06. The summed E-state index contributed by atoms with van der Waals surface area (Å²) in [4.78, 5) is 11.7. The second kappa shape index (κ2) is 5.33. The van der Waals surface area contributed by atoms with Gasteiger partial charge in [-0.3, -0.25) is 4.79 Å². The number of hydrogen-bond donors (Lipinski definition) is 1. The van der Waals surface area contributed by atoms with Crippen molar-refractivity contribution in [2.75, 3.05) is 5.33 Å². The van der Waals surface area contributed by atoms with Gasteiger partial charge >= 0.3 is 0 Å². The van der Waals surface area contributed by atoms with Gasteiger partial charge in [0, 0.05) is 17.8 Å². The smallest absolute Gasteiger partial charge is 0.220 e. The maximum atomic E-state index is 11.7. The van der Waals surface area contributed by atoms with E-state index in [4.69, 9.17) is 0 Å². The standard InChI is InChI=1S/C12H20BrNO/c13-8-2-1-3-11(15)14-12(9-4-5-9)10-6-7-10/h9-10,12H,1-8H2,(H,14,15). The van der Waals surface area contributed by atoms with Gasteiger partial charge in [0.2, 0.25) is 5.91 Å². The molecule has 0 unspecified atom stereocenters. The van der Waals surface area contributed by atoms with E-state index in [1.807, 2.05) is 0 Å². The third kappa shape index (κ3) is 3.78. The van der Waals surface area contributed by atoms with Gasteiger partial charge in [-0.15, -0.1) is 0 Å². The predicted octanol–water partition coefficient (Wildman–Crippen LogP) is 2.86. The number of nitrogens with one attached hydrogen (secondary N) is 1. The van der Waals surface area contributed by atoms with Crippen molar-refractivity contribution < 1.29 is 4.79 Å². The summed E-state index contributed by atoms with van der Waals surface area (Å²) in [5.41, 5.74) is 0. The van der Waals surface area contributed by atoms with Gasteiger partial charge in [-0.05, 0) is 50.4 Å². The van der Waals surface area contributed by atoms with Crippen LogP contribution < -0.4 is 5.32 Å². The summed E-state index contributed by atoms with van der Waals surface area (Å²) in [5, 5.41) is 4.25. The summed E-state index contributed by atoms with van der Waals surface area (Å²) in [6.45, 7) is 0. The Morgan fingerprint density at radius 3 is 2.27 bits per heavy atom. The molecule has 0 heterocycles. The van der Waals surface area contributed by atoms with Gasteiger partial charge in [0.1, 0.15) is 0 Å². The number of rotatable bonds is 7. The highest BCUT2D eigenvalue weighted by atomic mass is 79.9. The lowest BCUT2D eigenvalue weighted by Crippen LogP contribution is -2.37. The van der Waals surface area contributed by atoms with Crippen molar-refractivity contribution in [3.63, 3.8) is 0 Å². The molecule has 2 rings (SSSR count). The number of unbranched alkanes of at least 4 members (excludes halogenated alkanes) is 1. The lowest BCUT2D eigenvalue weighted by molar-refractivity contribution is -0.122. The molecule has 86 valence electrons. The predicted molar refractivity (Wildman–Crippen MR) is 65.0 cm³/mol. The molecule has 15 heavy (non-hydrogen) atoms. The van der Waals surface area contributed by atoms with E-state index in [0.717, 1.165) is 30.0 Å². The van der Waals surface area contributed by atoms with Crippen molar-refractivity contribution in [3.05, 3.63) is 0 Å². The Balaban J connectivity index is 1.66. The minimum absolute atomic E-state index is 0.278. The maximum Gasteiger partial charge on any atom is 0.220 e. The quantitative estimate of drug-likeness (QED) is 0.561. The lowest BCUT2D eigenvalue weighted by atomic mass is 10.1. The van der Waals surface area contributed by atoms with E-state index in [1.165, 1.54) is 25.7 Å². The summed E-state index contributed by atoms with van der Waals surface area (Å²) in [5.74, 6) is 1.91. The summed E-state index contributed by atoms with van der Waals surface area (Å²) >= 11 is 3.39. The van der Waals surface area contributed by atoms with Gasteiger partial charge in [-0.2, -0.15) is 0 Å². The Morgan fingerprint density at radius 1 is 1.20 bits per heavy atom. The number of carbonyl (C=O) groups excluding carboxylic acids is 1. The van der Waals surface area contributed by atoms with Crippen LogP contribution in [0.4, 0.5) is 0 Å². The van der Waals surface area contributed by atoms with Crippen molar-refractivity contribution in [3.8, 4) is 0 Å². The molecule has 0 atom stereocenters. The molecule has 0 aromatic rings. The highest BCUT2D eigenvalue weighted by Crippen LogP contribution is 2.44. The number of halogens is 1. The Morgan fingerprint density at radius 2 is 1.80 bits per heavy atom. The number of hydrogen-bond acceptors (Lipinski definition) is 1. The van der Waals surface area contributed by atoms with E-state index in [-0.39, 0.29) is 5.91 Å². The second-order valence-corrected chi connectivity index (χ2v) is 5.71. The minimum Gasteiger partial charge on any atom is -0.353 e. The molecule has 1 amide bonds. The molecule has 2 nitrogen and oxygen atoms in total. The van der Waals surface area contributed by atoms with Crippen LogP contribution in [-0.4, -0.2) is 17.3 Å². The van der Waals surface area contributed by atoms with E-state index < -0.39 is 0 Å². The van der Waals surface area contributed by atoms with Crippen LogP contribution in [0.1, 0.15) is 44.9 Å². The van der Waals surface area contributed by atoms with Crippen LogP contribution in [0.2, 0.25) is 0 Å². The first-order valence-corrected chi connectivity index (χ1v) is 7.28. The molecule has 2 fully saturated rings. The van der Waals surface area contributed by atoms with Crippen LogP contribution in [0.5, 0.6) is 0 Å². The maximum absolute atomic E-state index is 11.7. The molecule has 1 N–H and O–H groups in total. The number of carbonyl (C=O) groups is 1. The average molecular weight is 274 g/mol. The van der Waals surface area contributed by atoms with Crippen LogP contribution in [0, 0.1) is 11.8 Å². The number of alkyl halides is 1. The zero-order chi connectivity index (χ0) is 10.7. The summed E-state index contributed by atoms with van der Waals surface area (Å²) < 4.78 is 0. The Labute approximate surface area is 100 Å². The molecule has 2 saturated carbocycles. The molecule has 0 bridgehead atoms. The van der Waals surface area contributed by atoms with Crippen molar-refractivity contribution in [1.82, 2.24) is 5.32 Å². The Hall–Kier alpha value is -0.0500. The highest BCUT2D eigenvalue weighted by Gasteiger charge is 2.41. The van der Waals surface area contributed by atoms with E-state index in [2.05, 4.69) is 21.2 Å². The third-order valence-electron chi connectivity index (χ3n) is 3.37. The fourth-order valence-electron chi connectivity index (χ4n) is 2.17. The Bertz CT molecular complexity index is 212. The number of amides is 1. The van der Waals surface area contributed by atoms with Crippen molar-refractivity contribution in [2.24, 2.45) is 11.8 Å². The highest BCUT2D eigenvalue weighted by molar-refractivity contribution is 9.09. The first kappa shape index (κ1) is 11.4. The second-order valence-electron chi connectivity index (χ2n) is 4.91. The van der Waals surface area contributed by atoms with Crippen molar-refractivity contribution in [1.29, 1.82) is 0 Å².